The lowest BCUT2D eigenvalue weighted by atomic mass is 9.97. The van der Waals surface area contributed by atoms with Gasteiger partial charge in [0.2, 0.25) is 41.4 Å². The summed E-state index contributed by atoms with van der Waals surface area (Å²) in [6.07, 6.45) is -14.1. The molecule has 17 N–H and O–H groups in total. The highest BCUT2D eigenvalue weighted by atomic mass is 16.7. The highest BCUT2D eigenvalue weighted by Gasteiger charge is 2.48. The Labute approximate surface area is 526 Å². The Morgan fingerprint density at radius 1 is 0.418 bits per heavy atom. The molecule has 3 aliphatic heterocycles. The van der Waals surface area contributed by atoms with E-state index in [1.807, 2.05) is 0 Å². The second-order valence-corrected chi connectivity index (χ2v) is 21.3. The van der Waals surface area contributed by atoms with Gasteiger partial charge in [-0.15, -0.1) is 0 Å². The summed E-state index contributed by atoms with van der Waals surface area (Å²) >= 11 is 0. The maximum absolute atomic E-state index is 13.7. The van der Waals surface area contributed by atoms with E-state index in [0.717, 1.165) is 0 Å². The number of amides is 7. The molecule has 3 aliphatic rings. The van der Waals surface area contributed by atoms with Crippen LogP contribution in [-0.4, -0.2) is 328 Å². The standard InChI is InChI=1S/C55H97N7O29/c1-31(66)35(9-5-7-11-56-40(70)28-83-16-13-80-19-22-86-53-43(58-32(2)67)49(76)46(73)37(25-63)89-53)62-52(79)36(61-42(72)30-85-18-15-82-21-24-88-55-45(60-34(4)69)51(78)48(75)39(27-65)91-55)10-6-8-12-57-41(71)29-84-17-14-81-20-23-87-54-44(59-33(3)68)50(77)47(74)38(26-64)90-54/h35-39,43-51,53-55,63-66,73-78H,1,5-30H2,2-4H3,(H,56,70)(H,57,71)(H,58,67)(H,59,68)(H,60,69)(H,61,72)(H,62,79). The van der Waals surface area contributed by atoms with Gasteiger partial charge in [-0.25, -0.2) is 0 Å². The molecule has 0 aromatic rings. The molecule has 0 saturated carbocycles. The summed E-state index contributed by atoms with van der Waals surface area (Å²) in [6, 6.07) is -5.44. The van der Waals surface area contributed by atoms with Gasteiger partial charge in [-0.05, 0) is 38.5 Å². The van der Waals surface area contributed by atoms with E-state index in [2.05, 4.69) is 43.8 Å². The fraction of sp³-hybridized carbons (Fsp3) is 0.836. The number of hydrogen-bond donors (Lipinski definition) is 17. The topological polar surface area (TPSA) is 517 Å². The molecule has 526 valence electrons. The number of unbranched alkanes of at least 4 members (excludes halogenated alkanes) is 2. The minimum atomic E-state index is -1.49. The minimum Gasteiger partial charge on any atom is -0.511 e. The molecule has 3 saturated heterocycles. The van der Waals surface area contributed by atoms with Gasteiger partial charge in [0.1, 0.15) is 105 Å². The second-order valence-electron chi connectivity index (χ2n) is 21.3. The largest absolute Gasteiger partial charge is 0.511 e. The predicted molar refractivity (Wildman–Crippen MR) is 308 cm³/mol. The van der Waals surface area contributed by atoms with E-state index in [9.17, 15) is 84.6 Å². The molecule has 3 heterocycles. The summed E-state index contributed by atoms with van der Waals surface area (Å²) in [5.74, 6) is -4.07. The van der Waals surface area contributed by atoms with Gasteiger partial charge in [-0.1, -0.05) is 6.58 Å². The van der Waals surface area contributed by atoms with Crippen molar-refractivity contribution >= 4 is 41.4 Å². The summed E-state index contributed by atoms with van der Waals surface area (Å²) in [4.78, 5) is 86.7. The first-order valence-electron chi connectivity index (χ1n) is 30.0. The van der Waals surface area contributed by atoms with E-state index in [-0.39, 0.29) is 124 Å². The van der Waals surface area contributed by atoms with Gasteiger partial charge in [-0.3, -0.25) is 33.6 Å². The van der Waals surface area contributed by atoms with E-state index in [1.54, 1.807) is 0 Å². The van der Waals surface area contributed by atoms with Crippen LogP contribution in [0.2, 0.25) is 0 Å². The van der Waals surface area contributed by atoms with Crippen LogP contribution in [0, 0.1) is 0 Å². The van der Waals surface area contributed by atoms with Gasteiger partial charge in [0, 0.05) is 33.9 Å². The molecule has 36 nitrogen and oxygen atoms in total. The molecule has 0 aromatic carbocycles. The highest BCUT2D eigenvalue weighted by Crippen LogP contribution is 2.25. The van der Waals surface area contributed by atoms with Crippen molar-refractivity contribution in [3.8, 4) is 0 Å². The smallest absolute Gasteiger partial charge is 0.246 e. The van der Waals surface area contributed by atoms with Crippen molar-refractivity contribution in [2.24, 2.45) is 0 Å². The molecule has 3 rings (SSSR count). The quantitative estimate of drug-likeness (QED) is 0.0199. The third-order valence-electron chi connectivity index (χ3n) is 14.0. The number of aliphatic hydroxyl groups excluding tert-OH is 10. The van der Waals surface area contributed by atoms with Crippen LogP contribution >= 0.6 is 0 Å². The first-order valence-corrected chi connectivity index (χ1v) is 30.0. The van der Waals surface area contributed by atoms with Crippen molar-refractivity contribution in [3.05, 3.63) is 12.3 Å². The molecule has 0 spiro atoms. The normalized spacial score (nSPS) is 27.2. The minimum absolute atomic E-state index is 0.0135. The first kappa shape index (κ1) is 80.2. The third-order valence-corrected chi connectivity index (χ3v) is 14.0. The Morgan fingerprint density at radius 2 is 0.725 bits per heavy atom. The molecule has 17 atom stereocenters. The first-order chi connectivity index (χ1) is 43.5. The Morgan fingerprint density at radius 3 is 1.04 bits per heavy atom. The molecule has 36 heteroatoms. The van der Waals surface area contributed by atoms with Crippen molar-refractivity contribution < 1.29 is 141 Å². The molecule has 17 unspecified atom stereocenters. The number of carbonyl (C=O) groups excluding carboxylic acids is 7. The number of rotatable bonds is 47. The van der Waals surface area contributed by atoms with Crippen LogP contribution in [0.4, 0.5) is 0 Å². The number of ether oxygens (including phenoxy) is 12. The van der Waals surface area contributed by atoms with Crippen LogP contribution in [0.15, 0.2) is 12.3 Å². The van der Waals surface area contributed by atoms with Gasteiger partial charge in [0.15, 0.2) is 18.9 Å². The molecule has 7 amide bonds. The van der Waals surface area contributed by atoms with Crippen LogP contribution < -0.4 is 37.2 Å². The molecule has 0 radical (unpaired) electrons. The number of hydrogen-bond acceptors (Lipinski definition) is 29. The van der Waals surface area contributed by atoms with Crippen molar-refractivity contribution in [2.45, 2.75) is 163 Å². The van der Waals surface area contributed by atoms with E-state index in [4.69, 9.17) is 56.8 Å². The predicted octanol–water partition coefficient (Wildman–Crippen LogP) is -8.42. The van der Waals surface area contributed by atoms with E-state index in [1.165, 1.54) is 20.8 Å². The fourth-order valence-electron chi connectivity index (χ4n) is 9.27. The second kappa shape index (κ2) is 45.3. The lowest BCUT2D eigenvalue weighted by Gasteiger charge is -2.42. The van der Waals surface area contributed by atoms with Gasteiger partial charge in [-0.2, -0.15) is 0 Å². The zero-order chi connectivity index (χ0) is 67.3. The van der Waals surface area contributed by atoms with Crippen molar-refractivity contribution in [1.29, 1.82) is 0 Å². The summed E-state index contributed by atoms with van der Waals surface area (Å²) in [6.45, 7) is 4.68. The Hall–Kier alpha value is -5.01. The maximum Gasteiger partial charge on any atom is 0.246 e. The summed E-state index contributed by atoms with van der Waals surface area (Å²) in [5, 5.41) is 119. The van der Waals surface area contributed by atoms with Crippen LogP contribution in [0.25, 0.3) is 0 Å². The Balaban J connectivity index is 1.39. The van der Waals surface area contributed by atoms with E-state index < -0.39 is 172 Å². The monoisotopic (exact) mass is 1320 g/mol. The average Bonchev–Trinajstić information content (AvgIpc) is 1.70. The molecular weight excluding hydrogens is 1220 g/mol. The summed E-state index contributed by atoms with van der Waals surface area (Å²) in [5.41, 5.74) is 0. The van der Waals surface area contributed by atoms with Crippen molar-refractivity contribution in [2.75, 3.05) is 132 Å². The van der Waals surface area contributed by atoms with Crippen LogP contribution in [0.3, 0.4) is 0 Å². The lowest BCUT2D eigenvalue weighted by molar-refractivity contribution is -0.272. The van der Waals surface area contributed by atoms with Gasteiger partial charge >= 0.3 is 0 Å². The zero-order valence-corrected chi connectivity index (χ0v) is 51.6. The van der Waals surface area contributed by atoms with Gasteiger partial charge < -0.3 is 145 Å². The van der Waals surface area contributed by atoms with Crippen LogP contribution in [-0.2, 0) is 90.4 Å². The average molecular weight is 1320 g/mol. The maximum atomic E-state index is 13.7. The molecule has 3 fully saturated rings. The molecule has 91 heavy (non-hydrogen) atoms. The van der Waals surface area contributed by atoms with E-state index >= 15 is 0 Å². The third kappa shape index (κ3) is 30.7. The fourth-order valence-corrected chi connectivity index (χ4v) is 9.27. The van der Waals surface area contributed by atoms with Gasteiger partial charge in [0.05, 0.1) is 105 Å². The van der Waals surface area contributed by atoms with Crippen molar-refractivity contribution in [1.82, 2.24) is 37.2 Å². The van der Waals surface area contributed by atoms with Gasteiger partial charge in [0.25, 0.3) is 0 Å². The lowest BCUT2D eigenvalue weighted by Crippen LogP contribution is -2.64. The summed E-state index contributed by atoms with van der Waals surface area (Å²) in [7, 11) is 0. The Kier molecular flexibility index (Phi) is 40.0. The van der Waals surface area contributed by atoms with Crippen LogP contribution in [0.1, 0.15) is 59.3 Å². The summed E-state index contributed by atoms with van der Waals surface area (Å²) < 4.78 is 65.9. The SMILES string of the molecule is C=C(O)C(CCCCNC(=O)COCCOCCOC1OC(CO)C(O)C(O)C1NC(C)=O)NC(=O)C(CCCCNC(=O)COCCOCCOC1OC(CO)C(O)C(O)C1NC(C)=O)NC(=O)COCCOCCOC1OC(CO)C(O)C(O)C1NC(C)=O. The number of nitrogens with one attached hydrogen (secondary N) is 7. The molecule has 0 bridgehead atoms. The molecular formula is C55H97N7O29. The van der Waals surface area contributed by atoms with Crippen molar-refractivity contribution in [3.63, 3.8) is 0 Å². The molecule has 0 aliphatic carbocycles. The Bertz CT molecular complexity index is 2150. The number of carbonyl (C=O) groups is 7. The highest BCUT2D eigenvalue weighted by molar-refractivity contribution is 5.88. The van der Waals surface area contributed by atoms with Crippen LogP contribution in [0.5, 0.6) is 0 Å². The van der Waals surface area contributed by atoms with E-state index in [0.29, 0.717) is 25.7 Å². The zero-order valence-electron chi connectivity index (χ0n) is 51.6. The molecule has 0 aromatic heterocycles. The number of aliphatic hydroxyl groups is 10.